The van der Waals surface area contributed by atoms with E-state index in [0.29, 0.717) is 30.8 Å². The summed E-state index contributed by atoms with van der Waals surface area (Å²) in [6.07, 6.45) is 1.01. The van der Waals surface area contributed by atoms with Gasteiger partial charge in [0, 0.05) is 41.9 Å². The number of rotatable bonds is 19. The van der Waals surface area contributed by atoms with Gasteiger partial charge in [0.1, 0.15) is 16.8 Å². The van der Waals surface area contributed by atoms with Gasteiger partial charge in [-0.05, 0) is 37.8 Å². The Balaban J connectivity index is 2.80. The van der Waals surface area contributed by atoms with Crippen molar-refractivity contribution in [1.29, 1.82) is 0 Å². The Morgan fingerprint density at radius 3 is 2.26 bits per heavy atom. The SMILES string of the molecule is CCC(CSC[C@@H](CCCC(=O)O)NC(=O)CC[C@H](N)C(=O)O)C(=O)c1ccc(OCC(=O)O)c(Cl)c1Cl. The lowest BCUT2D eigenvalue weighted by Crippen LogP contribution is -2.38. The first-order valence-corrected chi connectivity index (χ1v) is 13.7. The summed E-state index contributed by atoms with van der Waals surface area (Å²) in [4.78, 5) is 57.9. The Morgan fingerprint density at radius 2 is 1.68 bits per heavy atom. The molecule has 14 heteroatoms. The van der Waals surface area contributed by atoms with Crippen LogP contribution in [0.2, 0.25) is 10.0 Å². The van der Waals surface area contributed by atoms with E-state index in [0.717, 1.165) is 0 Å². The van der Waals surface area contributed by atoms with E-state index in [-0.39, 0.29) is 52.4 Å². The van der Waals surface area contributed by atoms with Gasteiger partial charge in [-0.2, -0.15) is 11.8 Å². The average Bonchev–Trinajstić information content (AvgIpc) is 2.85. The molecule has 1 aromatic rings. The van der Waals surface area contributed by atoms with Crippen molar-refractivity contribution in [3.05, 3.63) is 27.7 Å². The summed E-state index contributed by atoms with van der Waals surface area (Å²) in [6.45, 7) is 1.22. The predicted molar refractivity (Wildman–Crippen MR) is 143 cm³/mol. The zero-order valence-corrected chi connectivity index (χ0v) is 23.1. The number of carboxylic acid groups (broad SMARTS) is 3. The van der Waals surface area contributed by atoms with Gasteiger partial charge in [0.15, 0.2) is 12.4 Å². The molecule has 0 radical (unpaired) electrons. The van der Waals surface area contributed by atoms with Crippen LogP contribution in [0.25, 0.3) is 0 Å². The van der Waals surface area contributed by atoms with E-state index in [1.807, 2.05) is 6.92 Å². The van der Waals surface area contributed by atoms with Crippen LogP contribution in [-0.2, 0) is 19.2 Å². The number of carbonyl (C=O) groups is 5. The molecule has 0 bridgehead atoms. The number of nitrogens with one attached hydrogen (secondary N) is 1. The van der Waals surface area contributed by atoms with Gasteiger partial charge in [-0.15, -0.1) is 0 Å². The summed E-state index contributed by atoms with van der Waals surface area (Å²) in [7, 11) is 0. The number of halogens is 2. The molecule has 212 valence electrons. The number of ether oxygens (including phenoxy) is 1. The molecule has 0 aliphatic rings. The summed E-state index contributed by atoms with van der Waals surface area (Å²) in [5.41, 5.74) is 5.61. The van der Waals surface area contributed by atoms with Crippen LogP contribution < -0.4 is 15.8 Å². The van der Waals surface area contributed by atoms with Crippen molar-refractivity contribution < 1.29 is 44.0 Å². The number of Topliss-reactive ketones (excluding diaryl/α,β-unsaturated/α-hetero) is 1. The highest BCUT2D eigenvalue weighted by Gasteiger charge is 2.24. The fourth-order valence-corrected chi connectivity index (χ4v) is 5.14. The van der Waals surface area contributed by atoms with Crippen LogP contribution in [0.3, 0.4) is 0 Å². The van der Waals surface area contributed by atoms with Crippen molar-refractivity contribution in [2.75, 3.05) is 18.1 Å². The molecule has 0 fully saturated rings. The summed E-state index contributed by atoms with van der Waals surface area (Å²) in [5.74, 6) is -3.62. The van der Waals surface area contributed by atoms with Crippen LogP contribution in [0.15, 0.2) is 12.1 Å². The molecule has 1 unspecified atom stereocenters. The molecule has 0 aliphatic carbocycles. The summed E-state index contributed by atoms with van der Waals surface area (Å²) >= 11 is 13.9. The van der Waals surface area contributed by atoms with E-state index in [1.54, 1.807) is 0 Å². The molecule has 1 amide bonds. The number of hydrogen-bond donors (Lipinski definition) is 5. The van der Waals surface area contributed by atoms with Crippen molar-refractivity contribution in [2.45, 2.75) is 57.5 Å². The summed E-state index contributed by atoms with van der Waals surface area (Å²) in [6, 6.07) is 1.27. The van der Waals surface area contributed by atoms with Gasteiger partial charge in [-0.1, -0.05) is 30.1 Å². The van der Waals surface area contributed by atoms with Gasteiger partial charge < -0.3 is 31.1 Å². The van der Waals surface area contributed by atoms with E-state index in [9.17, 15) is 24.0 Å². The molecule has 1 rings (SSSR count). The first-order valence-electron chi connectivity index (χ1n) is 11.8. The van der Waals surface area contributed by atoms with Crippen LogP contribution in [-0.4, -0.2) is 75.1 Å². The highest BCUT2D eigenvalue weighted by atomic mass is 35.5. The largest absolute Gasteiger partial charge is 0.481 e. The molecule has 0 aromatic heterocycles. The molecule has 38 heavy (non-hydrogen) atoms. The lowest BCUT2D eigenvalue weighted by atomic mass is 9.97. The van der Waals surface area contributed by atoms with E-state index >= 15 is 0 Å². The van der Waals surface area contributed by atoms with Gasteiger partial charge in [0.2, 0.25) is 5.91 Å². The second kappa shape index (κ2) is 17.1. The minimum Gasteiger partial charge on any atom is -0.481 e. The highest BCUT2D eigenvalue weighted by molar-refractivity contribution is 7.99. The number of thioether (sulfide) groups is 1. The third-order valence-corrected chi connectivity index (χ3v) is 7.61. The number of ketones is 1. The second-order valence-electron chi connectivity index (χ2n) is 8.46. The van der Waals surface area contributed by atoms with Gasteiger partial charge in [0.25, 0.3) is 0 Å². The van der Waals surface area contributed by atoms with Gasteiger partial charge in [0.05, 0.1) is 5.02 Å². The maximum Gasteiger partial charge on any atom is 0.341 e. The van der Waals surface area contributed by atoms with Crippen LogP contribution in [0, 0.1) is 5.92 Å². The number of hydrogen-bond acceptors (Lipinski definition) is 8. The molecule has 6 N–H and O–H groups in total. The Labute approximate surface area is 234 Å². The summed E-state index contributed by atoms with van der Waals surface area (Å²) < 4.78 is 5.07. The number of benzene rings is 1. The maximum atomic E-state index is 13.1. The molecule has 1 aromatic carbocycles. The van der Waals surface area contributed by atoms with Crippen LogP contribution in [0.1, 0.15) is 55.8 Å². The fourth-order valence-electron chi connectivity index (χ4n) is 3.33. The number of nitrogens with two attached hydrogens (primary N) is 1. The minimum absolute atomic E-state index is 0.0357. The maximum absolute atomic E-state index is 13.1. The topological polar surface area (TPSA) is 193 Å². The standard InChI is InChI=1S/C24H32Cl2N2O9S/c1-2-13(23(34)15-6-8-17(22(26)21(15)25)37-10-20(32)33)11-38-12-14(4-3-5-19(30)31)28-18(29)9-7-16(27)24(35)36/h6,8,13-14,16H,2-5,7,9-12,27H2,1H3,(H,28,29)(H,30,31)(H,32,33)(H,35,36)/t13?,14-,16+/m1/s1. The van der Waals surface area contributed by atoms with Crippen molar-refractivity contribution in [2.24, 2.45) is 11.7 Å². The zero-order chi connectivity index (χ0) is 28.8. The van der Waals surface area contributed by atoms with E-state index < -0.39 is 42.4 Å². The number of carbonyl (C=O) groups excluding carboxylic acids is 2. The molecule has 0 spiro atoms. The van der Waals surface area contributed by atoms with Gasteiger partial charge >= 0.3 is 17.9 Å². The Kier molecular flexibility index (Phi) is 15.1. The number of amides is 1. The van der Waals surface area contributed by atoms with Crippen molar-refractivity contribution >= 4 is 64.6 Å². The van der Waals surface area contributed by atoms with Gasteiger partial charge in [-0.3, -0.25) is 19.2 Å². The number of carboxylic acids is 3. The van der Waals surface area contributed by atoms with E-state index in [2.05, 4.69) is 5.32 Å². The van der Waals surface area contributed by atoms with Crippen LogP contribution in [0.5, 0.6) is 5.75 Å². The highest BCUT2D eigenvalue weighted by Crippen LogP contribution is 2.36. The molecule has 0 saturated heterocycles. The van der Waals surface area contributed by atoms with Crippen molar-refractivity contribution in [3.63, 3.8) is 0 Å². The van der Waals surface area contributed by atoms with Crippen LogP contribution in [0.4, 0.5) is 0 Å². The first-order chi connectivity index (χ1) is 17.9. The van der Waals surface area contributed by atoms with Gasteiger partial charge in [-0.25, -0.2) is 4.79 Å². The Hall–Kier alpha value is -2.54. The smallest absolute Gasteiger partial charge is 0.341 e. The average molecular weight is 595 g/mol. The molecule has 0 aliphatic heterocycles. The quantitative estimate of drug-likeness (QED) is 0.147. The fraction of sp³-hybridized carbons (Fsp3) is 0.542. The normalized spacial score (nSPS) is 13.3. The van der Waals surface area contributed by atoms with E-state index in [1.165, 1.54) is 23.9 Å². The molecule has 0 heterocycles. The molecular weight excluding hydrogens is 563 g/mol. The predicted octanol–water partition coefficient (Wildman–Crippen LogP) is 3.33. The minimum atomic E-state index is -1.20. The third kappa shape index (κ3) is 11.9. The summed E-state index contributed by atoms with van der Waals surface area (Å²) in [5, 5.41) is 29.2. The Morgan fingerprint density at radius 1 is 1.00 bits per heavy atom. The second-order valence-corrected chi connectivity index (χ2v) is 10.3. The monoisotopic (exact) mass is 594 g/mol. The molecule has 0 saturated carbocycles. The van der Waals surface area contributed by atoms with E-state index in [4.69, 9.17) is 49.0 Å². The lowest BCUT2D eigenvalue weighted by Gasteiger charge is -2.21. The first kappa shape index (κ1) is 33.5. The van der Waals surface area contributed by atoms with Crippen LogP contribution >= 0.6 is 35.0 Å². The third-order valence-electron chi connectivity index (χ3n) is 5.47. The molecule has 11 nitrogen and oxygen atoms in total. The zero-order valence-electron chi connectivity index (χ0n) is 20.8. The lowest BCUT2D eigenvalue weighted by molar-refractivity contribution is -0.140. The molecule has 3 atom stereocenters. The van der Waals surface area contributed by atoms with Crippen molar-refractivity contribution in [3.8, 4) is 5.75 Å². The molecular formula is C24H32Cl2N2O9S. The number of aliphatic carboxylic acids is 3. The van der Waals surface area contributed by atoms with Crippen molar-refractivity contribution in [1.82, 2.24) is 5.32 Å². The Bertz CT molecular complexity index is 1010.